The summed E-state index contributed by atoms with van der Waals surface area (Å²) >= 11 is 0. The van der Waals surface area contributed by atoms with Crippen molar-refractivity contribution < 1.29 is 26.4 Å². The Morgan fingerprint density at radius 1 is 0.871 bits per heavy atom. The largest absolute Gasteiger partial charge is 0.418 e. The molecule has 0 fully saturated rings. The highest BCUT2D eigenvalue weighted by atomic mass is 32.2. The maximum Gasteiger partial charge on any atom is 0.418 e. The SMILES string of the molecule is O=C(NNc1ccccc1C(F)(F)F)c1cccc(S(=O)(=O)NCc2ccccc2)c1. The number of hydrogen-bond donors (Lipinski definition) is 3. The van der Waals surface area contributed by atoms with Gasteiger partial charge in [0.2, 0.25) is 10.0 Å². The van der Waals surface area contributed by atoms with Crippen LogP contribution in [0.15, 0.2) is 83.8 Å². The molecule has 0 aliphatic heterocycles. The van der Waals surface area contributed by atoms with Gasteiger partial charge in [-0.1, -0.05) is 48.5 Å². The van der Waals surface area contributed by atoms with E-state index in [-0.39, 0.29) is 22.7 Å². The molecule has 0 aliphatic carbocycles. The standard InChI is InChI=1S/C21H18F3N3O3S/c22-21(23,24)18-11-4-5-12-19(18)26-27-20(28)16-9-6-10-17(13-16)31(29,30)25-14-15-7-2-1-3-8-15/h1-13,25-26H,14H2,(H,27,28). The predicted molar refractivity (Wildman–Crippen MR) is 109 cm³/mol. The van der Waals surface area contributed by atoms with Crippen LogP contribution in [0.25, 0.3) is 0 Å². The van der Waals surface area contributed by atoms with Crippen LogP contribution in [-0.4, -0.2) is 14.3 Å². The topological polar surface area (TPSA) is 87.3 Å². The first-order valence-corrected chi connectivity index (χ1v) is 10.5. The minimum absolute atomic E-state index is 0.0421. The van der Waals surface area contributed by atoms with Gasteiger partial charge in [0.1, 0.15) is 0 Å². The van der Waals surface area contributed by atoms with E-state index < -0.39 is 27.7 Å². The molecule has 6 nitrogen and oxygen atoms in total. The first-order valence-electron chi connectivity index (χ1n) is 9.03. The zero-order valence-electron chi connectivity index (χ0n) is 16.0. The molecular weight excluding hydrogens is 431 g/mol. The van der Waals surface area contributed by atoms with E-state index in [9.17, 15) is 26.4 Å². The third-order valence-electron chi connectivity index (χ3n) is 4.26. The van der Waals surface area contributed by atoms with E-state index in [4.69, 9.17) is 0 Å². The number of anilines is 1. The van der Waals surface area contributed by atoms with Crippen LogP contribution in [0.3, 0.4) is 0 Å². The third kappa shape index (κ3) is 5.83. The Labute approximate surface area is 177 Å². The van der Waals surface area contributed by atoms with E-state index in [2.05, 4.69) is 15.6 Å². The van der Waals surface area contributed by atoms with Crippen LogP contribution in [0.5, 0.6) is 0 Å². The summed E-state index contributed by atoms with van der Waals surface area (Å²) in [6, 6.07) is 18.7. The summed E-state index contributed by atoms with van der Waals surface area (Å²) in [5, 5.41) is 0. The number of hydrogen-bond acceptors (Lipinski definition) is 4. The molecule has 0 spiro atoms. The Bertz CT molecular complexity index is 1170. The number of hydrazine groups is 1. The Morgan fingerprint density at radius 2 is 1.55 bits per heavy atom. The van der Waals surface area contributed by atoms with E-state index in [1.807, 2.05) is 0 Å². The molecule has 0 radical (unpaired) electrons. The van der Waals surface area contributed by atoms with Crippen molar-refractivity contribution in [2.45, 2.75) is 17.6 Å². The number of carbonyl (C=O) groups is 1. The molecule has 0 bridgehead atoms. The Morgan fingerprint density at radius 3 is 2.26 bits per heavy atom. The lowest BCUT2D eigenvalue weighted by Crippen LogP contribution is -2.31. The van der Waals surface area contributed by atoms with Gasteiger partial charge in [0.25, 0.3) is 5.91 Å². The van der Waals surface area contributed by atoms with Gasteiger partial charge in [-0.15, -0.1) is 0 Å². The van der Waals surface area contributed by atoms with Crippen molar-refractivity contribution in [2.75, 3.05) is 5.43 Å². The summed E-state index contributed by atoms with van der Waals surface area (Å²) in [6.45, 7) is 0.0649. The van der Waals surface area contributed by atoms with Crippen molar-refractivity contribution in [1.29, 1.82) is 0 Å². The average molecular weight is 449 g/mol. The molecule has 3 rings (SSSR count). The fourth-order valence-corrected chi connectivity index (χ4v) is 3.76. The maximum atomic E-state index is 13.0. The number of benzene rings is 3. The molecule has 3 N–H and O–H groups in total. The normalized spacial score (nSPS) is 11.7. The smallest absolute Gasteiger partial charge is 0.298 e. The molecule has 10 heteroatoms. The second-order valence-electron chi connectivity index (χ2n) is 6.46. The van der Waals surface area contributed by atoms with Crippen molar-refractivity contribution in [3.8, 4) is 0 Å². The van der Waals surface area contributed by atoms with Gasteiger partial charge in [0.05, 0.1) is 16.1 Å². The molecule has 3 aromatic carbocycles. The molecule has 31 heavy (non-hydrogen) atoms. The van der Waals surface area contributed by atoms with E-state index in [1.54, 1.807) is 30.3 Å². The van der Waals surface area contributed by atoms with Crippen LogP contribution in [-0.2, 0) is 22.7 Å². The highest BCUT2D eigenvalue weighted by Gasteiger charge is 2.33. The quantitative estimate of drug-likeness (QED) is 0.477. The lowest BCUT2D eigenvalue weighted by atomic mass is 10.2. The van der Waals surface area contributed by atoms with Crippen molar-refractivity contribution in [1.82, 2.24) is 10.1 Å². The van der Waals surface area contributed by atoms with Gasteiger partial charge < -0.3 is 0 Å². The summed E-state index contributed by atoms with van der Waals surface area (Å²) in [6.07, 6.45) is -4.60. The van der Waals surface area contributed by atoms with Crippen LogP contribution in [0, 0.1) is 0 Å². The van der Waals surface area contributed by atoms with E-state index in [0.29, 0.717) is 0 Å². The summed E-state index contributed by atoms with van der Waals surface area (Å²) < 4.78 is 66.6. The monoisotopic (exact) mass is 449 g/mol. The van der Waals surface area contributed by atoms with Crippen LogP contribution in [0.2, 0.25) is 0 Å². The van der Waals surface area contributed by atoms with Crippen LogP contribution < -0.4 is 15.6 Å². The number of para-hydroxylation sites is 1. The summed E-state index contributed by atoms with van der Waals surface area (Å²) in [5.74, 6) is -0.794. The van der Waals surface area contributed by atoms with Crippen molar-refractivity contribution in [3.05, 3.63) is 95.6 Å². The van der Waals surface area contributed by atoms with Gasteiger partial charge >= 0.3 is 6.18 Å². The summed E-state index contributed by atoms with van der Waals surface area (Å²) in [5.41, 5.74) is 3.83. The Balaban J connectivity index is 1.71. The molecule has 1 amide bonds. The second kappa shape index (κ2) is 9.19. The number of halogens is 3. The molecule has 3 aromatic rings. The van der Waals surface area contributed by atoms with Gasteiger partial charge in [0, 0.05) is 12.1 Å². The Hall–Kier alpha value is -3.37. The number of sulfonamides is 1. The first kappa shape index (κ1) is 22.3. The highest BCUT2D eigenvalue weighted by Crippen LogP contribution is 2.34. The molecule has 0 saturated heterocycles. The zero-order valence-corrected chi connectivity index (χ0v) is 16.8. The van der Waals surface area contributed by atoms with Crippen molar-refractivity contribution in [2.24, 2.45) is 0 Å². The fourth-order valence-electron chi connectivity index (χ4n) is 2.70. The number of rotatable bonds is 7. The van der Waals surface area contributed by atoms with Crippen LogP contribution >= 0.6 is 0 Å². The molecular formula is C21H18F3N3O3S. The lowest BCUT2D eigenvalue weighted by molar-refractivity contribution is -0.137. The third-order valence-corrected chi connectivity index (χ3v) is 5.66. The molecule has 0 aromatic heterocycles. The predicted octanol–water partition coefficient (Wildman–Crippen LogP) is 3.94. The van der Waals surface area contributed by atoms with E-state index >= 15 is 0 Å². The number of carbonyl (C=O) groups excluding carboxylic acids is 1. The molecule has 0 heterocycles. The number of nitrogens with one attached hydrogen (secondary N) is 3. The minimum Gasteiger partial charge on any atom is -0.298 e. The van der Waals surface area contributed by atoms with E-state index in [0.717, 1.165) is 23.8 Å². The highest BCUT2D eigenvalue weighted by molar-refractivity contribution is 7.89. The minimum atomic E-state index is -4.60. The van der Waals surface area contributed by atoms with Gasteiger partial charge in [-0.25, -0.2) is 13.1 Å². The summed E-state index contributed by atoms with van der Waals surface area (Å²) in [7, 11) is -3.91. The molecule has 0 saturated carbocycles. The maximum absolute atomic E-state index is 13.0. The second-order valence-corrected chi connectivity index (χ2v) is 8.23. The van der Waals surface area contributed by atoms with E-state index in [1.165, 1.54) is 30.3 Å². The molecule has 162 valence electrons. The van der Waals surface area contributed by atoms with Crippen LogP contribution in [0.4, 0.5) is 18.9 Å². The number of alkyl halides is 3. The van der Waals surface area contributed by atoms with Crippen LogP contribution in [0.1, 0.15) is 21.5 Å². The zero-order chi connectivity index (χ0) is 22.5. The lowest BCUT2D eigenvalue weighted by Gasteiger charge is -2.15. The number of amides is 1. The average Bonchev–Trinajstić information content (AvgIpc) is 2.76. The summed E-state index contributed by atoms with van der Waals surface area (Å²) in [4.78, 5) is 12.2. The van der Waals surface area contributed by atoms with Gasteiger partial charge in [0.15, 0.2) is 0 Å². The molecule has 0 atom stereocenters. The van der Waals surface area contributed by atoms with Gasteiger partial charge in [-0.3, -0.25) is 15.6 Å². The molecule has 0 unspecified atom stereocenters. The van der Waals surface area contributed by atoms with Gasteiger partial charge in [-0.05, 0) is 35.9 Å². The van der Waals surface area contributed by atoms with Gasteiger partial charge in [-0.2, -0.15) is 13.2 Å². The fraction of sp³-hybridized carbons (Fsp3) is 0.0952. The van der Waals surface area contributed by atoms with Crippen molar-refractivity contribution in [3.63, 3.8) is 0 Å². The first-order chi connectivity index (χ1) is 14.7. The Kier molecular flexibility index (Phi) is 6.62. The molecule has 0 aliphatic rings. The van der Waals surface area contributed by atoms with Crippen molar-refractivity contribution >= 4 is 21.6 Å².